The van der Waals surface area contributed by atoms with Gasteiger partial charge in [-0.2, -0.15) is 0 Å². The first-order valence-corrected chi connectivity index (χ1v) is 6.88. The Hall–Kier alpha value is -2.20. The second-order valence-electron chi connectivity index (χ2n) is 4.73. The molecule has 0 fully saturated rings. The summed E-state index contributed by atoms with van der Waals surface area (Å²) >= 11 is 0. The third-order valence-electron chi connectivity index (χ3n) is 3.18. The Morgan fingerprint density at radius 2 is 2.00 bits per heavy atom. The molecule has 0 aromatic heterocycles. The van der Waals surface area contributed by atoms with E-state index in [-0.39, 0.29) is 5.82 Å². The lowest BCUT2D eigenvalue weighted by Gasteiger charge is -2.14. The maximum Gasteiger partial charge on any atom is 0.323 e. The van der Waals surface area contributed by atoms with E-state index < -0.39 is 12.0 Å². The molecule has 2 N–H and O–H groups in total. The van der Waals surface area contributed by atoms with Gasteiger partial charge in [-0.25, -0.2) is 4.39 Å². The van der Waals surface area contributed by atoms with Crippen molar-refractivity contribution in [2.24, 2.45) is 5.73 Å². The van der Waals surface area contributed by atoms with Gasteiger partial charge in [0.25, 0.3) is 0 Å². The number of carbonyl (C=O) groups is 1. The van der Waals surface area contributed by atoms with E-state index in [9.17, 15) is 9.18 Å². The molecule has 4 heteroatoms. The summed E-state index contributed by atoms with van der Waals surface area (Å²) in [5, 5.41) is 0. The highest BCUT2D eigenvalue weighted by atomic mass is 19.1. The molecule has 21 heavy (non-hydrogen) atoms. The number of nitrogens with two attached hydrogens (primary N) is 1. The van der Waals surface area contributed by atoms with Crippen LogP contribution < -0.4 is 5.73 Å². The summed E-state index contributed by atoms with van der Waals surface area (Å²) < 4.78 is 18.3. The van der Waals surface area contributed by atoms with Crippen LogP contribution in [-0.4, -0.2) is 18.6 Å². The third kappa shape index (κ3) is 3.89. The molecule has 0 radical (unpaired) electrons. The molecule has 0 bridgehead atoms. The van der Waals surface area contributed by atoms with Crippen LogP contribution in [0.3, 0.4) is 0 Å². The standard InChI is InChI=1S/C17H18FNO2/c1-2-21-17(20)16(19)11-13-6-3-4-9-15(13)12-7-5-8-14(18)10-12/h3-10,16H,2,11,19H2,1H3. The number of halogens is 1. The van der Waals surface area contributed by atoms with Crippen LogP contribution in [-0.2, 0) is 16.0 Å². The molecule has 0 aliphatic carbocycles. The zero-order valence-corrected chi connectivity index (χ0v) is 11.9. The summed E-state index contributed by atoms with van der Waals surface area (Å²) in [7, 11) is 0. The van der Waals surface area contributed by atoms with Crippen molar-refractivity contribution in [1.29, 1.82) is 0 Å². The maximum absolute atomic E-state index is 13.4. The molecule has 0 aliphatic rings. The van der Waals surface area contributed by atoms with Crippen LogP contribution in [0.2, 0.25) is 0 Å². The number of rotatable bonds is 5. The van der Waals surface area contributed by atoms with Gasteiger partial charge in [0, 0.05) is 0 Å². The first-order valence-electron chi connectivity index (χ1n) is 6.88. The highest BCUT2D eigenvalue weighted by Gasteiger charge is 2.17. The Bertz CT molecular complexity index is 628. The SMILES string of the molecule is CCOC(=O)C(N)Cc1ccccc1-c1cccc(F)c1. The number of hydrogen-bond donors (Lipinski definition) is 1. The Morgan fingerprint density at radius 1 is 1.24 bits per heavy atom. The van der Waals surface area contributed by atoms with E-state index in [4.69, 9.17) is 10.5 Å². The Morgan fingerprint density at radius 3 is 2.71 bits per heavy atom. The quantitative estimate of drug-likeness (QED) is 0.860. The van der Waals surface area contributed by atoms with E-state index >= 15 is 0 Å². The van der Waals surface area contributed by atoms with E-state index in [1.165, 1.54) is 12.1 Å². The van der Waals surface area contributed by atoms with Gasteiger partial charge in [-0.3, -0.25) is 4.79 Å². The number of esters is 1. The number of hydrogen-bond acceptors (Lipinski definition) is 3. The van der Waals surface area contributed by atoms with E-state index in [0.29, 0.717) is 13.0 Å². The summed E-state index contributed by atoms with van der Waals surface area (Å²) in [5.41, 5.74) is 8.39. The molecule has 0 saturated heterocycles. The summed E-state index contributed by atoms with van der Waals surface area (Å²) in [5.74, 6) is -0.719. The number of benzene rings is 2. The highest BCUT2D eigenvalue weighted by molar-refractivity contribution is 5.77. The van der Waals surface area contributed by atoms with Gasteiger partial charge in [-0.05, 0) is 42.2 Å². The molecule has 0 spiro atoms. The molecule has 0 saturated carbocycles. The van der Waals surface area contributed by atoms with Crippen LogP contribution in [0.1, 0.15) is 12.5 Å². The van der Waals surface area contributed by atoms with Gasteiger partial charge in [-0.15, -0.1) is 0 Å². The molecule has 2 rings (SSSR count). The van der Waals surface area contributed by atoms with Gasteiger partial charge in [0.2, 0.25) is 0 Å². The van der Waals surface area contributed by atoms with Crippen LogP contribution in [0.15, 0.2) is 48.5 Å². The number of ether oxygens (including phenoxy) is 1. The predicted molar refractivity (Wildman–Crippen MR) is 80.1 cm³/mol. The van der Waals surface area contributed by atoms with Gasteiger partial charge in [-0.1, -0.05) is 36.4 Å². The molecular weight excluding hydrogens is 269 g/mol. The first-order chi connectivity index (χ1) is 10.1. The molecule has 0 heterocycles. The van der Waals surface area contributed by atoms with Crippen LogP contribution >= 0.6 is 0 Å². The Kier molecular flexibility index (Phi) is 5.06. The van der Waals surface area contributed by atoms with E-state index in [1.54, 1.807) is 13.0 Å². The lowest BCUT2D eigenvalue weighted by Crippen LogP contribution is -2.34. The van der Waals surface area contributed by atoms with Crippen molar-refractivity contribution in [2.75, 3.05) is 6.61 Å². The van der Waals surface area contributed by atoms with Crippen molar-refractivity contribution in [2.45, 2.75) is 19.4 Å². The molecule has 0 aliphatic heterocycles. The van der Waals surface area contributed by atoms with Gasteiger partial charge in [0.1, 0.15) is 11.9 Å². The largest absolute Gasteiger partial charge is 0.465 e. The lowest BCUT2D eigenvalue weighted by molar-refractivity contribution is -0.144. The summed E-state index contributed by atoms with van der Waals surface area (Å²) in [4.78, 5) is 11.6. The summed E-state index contributed by atoms with van der Waals surface area (Å²) in [6.07, 6.45) is 0.353. The van der Waals surface area contributed by atoms with Gasteiger partial charge in [0.05, 0.1) is 6.61 Å². The molecule has 2 aromatic carbocycles. The van der Waals surface area contributed by atoms with Crippen molar-refractivity contribution in [3.8, 4) is 11.1 Å². The average molecular weight is 287 g/mol. The smallest absolute Gasteiger partial charge is 0.323 e. The highest BCUT2D eigenvalue weighted by Crippen LogP contribution is 2.25. The predicted octanol–water partition coefficient (Wildman–Crippen LogP) is 2.93. The second-order valence-corrected chi connectivity index (χ2v) is 4.73. The van der Waals surface area contributed by atoms with Crippen molar-refractivity contribution in [3.05, 3.63) is 59.9 Å². The van der Waals surface area contributed by atoms with Crippen molar-refractivity contribution >= 4 is 5.97 Å². The van der Waals surface area contributed by atoms with Gasteiger partial charge in [0.15, 0.2) is 0 Å². The number of carbonyl (C=O) groups excluding carboxylic acids is 1. The minimum absolute atomic E-state index is 0.294. The third-order valence-corrected chi connectivity index (χ3v) is 3.18. The van der Waals surface area contributed by atoms with Gasteiger partial charge < -0.3 is 10.5 Å². The monoisotopic (exact) mass is 287 g/mol. The minimum Gasteiger partial charge on any atom is -0.465 e. The van der Waals surface area contributed by atoms with Crippen LogP contribution in [0.4, 0.5) is 4.39 Å². The van der Waals surface area contributed by atoms with Gasteiger partial charge >= 0.3 is 5.97 Å². The normalized spacial score (nSPS) is 12.0. The first kappa shape index (κ1) is 15.2. The van der Waals surface area contributed by atoms with E-state index in [2.05, 4.69) is 0 Å². The fourth-order valence-electron chi connectivity index (χ4n) is 2.21. The zero-order chi connectivity index (χ0) is 15.2. The molecule has 2 aromatic rings. The van der Waals surface area contributed by atoms with Crippen molar-refractivity contribution < 1.29 is 13.9 Å². The van der Waals surface area contributed by atoms with Crippen molar-refractivity contribution in [1.82, 2.24) is 0 Å². The Labute approximate surface area is 123 Å². The van der Waals surface area contributed by atoms with Crippen LogP contribution in [0.25, 0.3) is 11.1 Å². The van der Waals surface area contributed by atoms with Crippen LogP contribution in [0.5, 0.6) is 0 Å². The van der Waals surface area contributed by atoms with Crippen molar-refractivity contribution in [3.63, 3.8) is 0 Å². The molecule has 0 amide bonds. The molecule has 3 nitrogen and oxygen atoms in total. The second kappa shape index (κ2) is 6.99. The lowest BCUT2D eigenvalue weighted by atomic mass is 9.95. The summed E-state index contributed by atoms with van der Waals surface area (Å²) in [6, 6.07) is 13.2. The fourth-order valence-corrected chi connectivity index (χ4v) is 2.21. The topological polar surface area (TPSA) is 52.3 Å². The van der Waals surface area contributed by atoms with E-state index in [0.717, 1.165) is 16.7 Å². The summed E-state index contributed by atoms with van der Waals surface area (Å²) in [6.45, 7) is 2.05. The molecule has 110 valence electrons. The van der Waals surface area contributed by atoms with E-state index in [1.807, 2.05) is 30.3 Å². The fraction of sp³-hybridized carbons (Fsp3) is 0.235. The maximum atomic E-state index is 13.4. The molecule has 1 atom stereocenters. The van der Waals surface area contributed by atoms with Crippen LogP contribution in [0, 0.1) is 5.82 Å². The minimum atomic E-state index is -0.723. The average Bonchev–Trinajstić information content (AvgIpc) is 2.48. The molecule has 1 unspecified atom stereocenters. The zero-order valence-electron chi connectivity index (χ0n) is 11.9. The Balaban J connectivity index is 2.27. The molecular formula is C17H18FNO2.